The lowest BCUT2D eigenvalue weighted by atomic mass is 9.99. The summed E-state index contributed by atoms with van der Waals surface area (Å²) in [7, 11) is 1.86. The van der Waals surface area contributed by atoms with Crippen molar-refractivity contribution >= 4 is 40.8 Å². The summed E-state index contributed by atoms with van der Waals surface area (Å²) in [6.07, 6.45) is 1.18. The van der Waals surface area contributed by atoms with Crippen LogP contribution in [0.1, 0.15) is 23.6 Å². The predicted molar refractivity (Wildman–Crippen MR) is 119 cm³/mol. The molecule has 1 unspecified atom stereocenters. The first-order chi connectivity index (χ1) is 12.3. The number of likely N-dealkylation sites (tertiary alicyclic amines) is 1. The van der Waals surface area contributed by atoms with Crippen LogP contribution in [0, 0.1) is 0 Å². The molecule has 26 heavy (non-hydrogen) atoms. The van der Waals surface area contributed by atoms with Crippen LogP contribution in [-0.2, 0) is 6.54 Å². The van der Waals surface area contributed by atoms with Crippen LogP contribution in [0.2, 0.25) is 0 Å². The number of guanidine groups is 1. The van der Waals surface area contributed by atoms with Crippen molar-refractivity contribution in [1.82, 2.24) is 15.2 Å². The number of hydrogen-bond acceptors (Lipinski definition) is 1. The van der Waals surface area contributed by atoms with Crippen molar-refractivity contribution in [2.45, 2.75) is 18.9 Å². The molecule has 0 spiro atoms. The maximum absolute atomic E-state index is 4.48. The van der Waals surface area contributed by atoms with Crippen molar-refractivity contribution in [2.24, 2.45) is 4.99 Å². The fourth-order valence-corrected chi connectivity index (χ4v) is 3.69. The van der Waals surface area contributed by atoms with Gasteiger partial charge in [-0.3, -0.25) is 4.99 Å². The highest BCUT2D eigenvalue weighted by molar-refractivity contribution is 14.0. The van der Waals surface area contributed by atoms with Gasteiger partial charge in [0.25, 0.3) is 0 Å². The maximum Gasteiger partial charge on any atom is 0.193 e. The summed E-state index contributed by atoms with van der Waals surface area (Å²) in [4.78, 5) is 10.3. The molecular weight excluding hydrogens is 435 g/mol. The average molecular weight is 460 g/mol. The number of rotatable bonds is 3. The Kier molecular flexibility index (Phi) is 6.19. The molecule has 2 N–H and O–H groups in total. The highest BCUT2D eigenvalue weighted by atomic mass is 127. The van der Waals surface area contributed by atoms with Gasteiger partial charge in [0.05, 0.1) is 6.54 Å². The molecule has 2 aromatic carbocycles. The summed E-state index contributed by atoms with van der Waals surface area (Å²) in [6, 6.07) is 21.4. The second-order valence-corrected chi connectivity index (χ2v) is 6.62. The maximum atomic E-state index is 4.48. The van der Waals surface area contributed by atoms with E-state index in [1.165, 1.54) is 28.6 Å². The SMILES string of the molecule is CN=C(NCc1cc2ccccc2[nH]1)N1CCC(c2ccccc2)C1.I. The van der Waals surface area contributed by atoms with Crippen molar-refractivity contribution in [3.05, 3.63) is 71.9 Å². The molecule has 1 aliphatic rings. The number of H-pyrrole nitrogens is 1. The molecule has 0 amide bonds. The second-order valence-electron chi connectivity index (χ2n) is 6.62. The van der Waals surface area contributed by atoms with Crippen LogP contribution < -0.4 is 5.32 Å². The number of hydrogen-bond donors (Lipinski definition) is 2. The van der Waals surface area contributed by atoms with Crippen LogP contribution in [0.5, 0.6) is 0 Å². The average Bonchev–Trinajstić information content (AvgIpc) is 3.30. The van der Waals surface area contributed by atoms with Crippen LogP contribution in [0.25, 0.3) is 10.9 Å². The van der Waals surface area contributed by atoms with Gasteiger partial charge in [-0.05, 0) is 29.5 Å². The normalized spacial score (nSPS) is 17.3. The van der Waals surface area contributed by atoms with Gasteiger partial charge in [0.1, 0.15) is 0 Å². The summed E-state index contributed by atoms with van der Waals surface area (Å²) < 4.78 is 0. The van der Waals surface area contributed by atoms with Gasteiger partial charge in [-0.15, -0.1) is 24.0 Å². The van der Waals surface area contributed by atoms with E-state index in [0.717, 1.165) is 25.6 Å². The molecule has 5 heteroatoms. The van der Waals surface area contributed by atoms with Crippen molar-refractivity contribution in [2.75, 3.05) is 20.1 Å². The lowest BCUT2D eigenvalue weighted by Gasteiger charge is -2.21. The van der Waals surface area contributed by atoms with Crippen molar-refractivity contribution in [3.63, 3.8) is 0 Å². The minimum absolute atomic E-state index is 0. The molecular formula is C21H25IN4. The quantitative estimate of drug-likeness (QED) is 0.347. The number of aromatic nitrogens is 1. The number of aliphatic imine (C=N–C) groups is 1. The van der Waals surface area contributed by atoms with E-state index in [2.05, 4.69) is 80.9 Å². The van der Waals surface area contributed by atoms with Crippen molar-refractivity contribution < 1.29 is 0 Å². The Morgan fingerprint density at radius 1 is 1.15 bits per heavy atom. The summed E-state index contributed by atoms with van der Waals surface area (Å²) in [5, 5.41) is 4.75. The van der Waals surface area contributed by atoms with Crippen molar-refractivity contribution in [3.8, 4) is 0 Å². The van der Waals surface area contributed by atoms with Crippen LogP contribution in [0.15, 0.2) is 65.7 Å². The van der Waals surface area contributed by atoms with Gasteiger partial charge < -0.3 is 15.2 Å². The summed E-state index contributed by atoms with van der Waals surface area (Å²) in [5.41, 5.74) is 3.79. The zero-order chi connectivity index (χ0) is 17.1. The Hall–Kier alpha value is -2.02. The lowest BCUT2D eigenvalue weighted by Crippen LogP contribution is -2.39. The van der Waals surface area contributed by atoms with Gasteiger partial charge in [-0.1, -0.05) is 48.5 Å². The number of fused-ring (bicyclic) bond motifs is 1. The van der Waals surface area contributed by atoms with Gasteiger partial charge >= 0.3 is 0 Å². The van der Waals surface area contributed by atoms with Crippen molar-refractivity contribution in [1.29, 1.82) is 0 Å². The van der Waals surface area contributed by atoms with E-state index < -0.39 is 0 Å². The van der Waals surface area contributed by atoms with Gasteiger partial charge in [0.15, 0.2) is 5.96 Å². The largest absolute Gasteiger partial charge is 0.357 e. The molecule has 1 atom stereocenters. The topological polar surface area (TPSA) is 43.4 Å². The van der Waals surface area contributed by atoms with E-state index in [9.17, 15) is 0 Å². The zero-order valence-electron chi connectivity index (χ0n) is 15.0. The molecule has 3 aromatic rings. The Labute approximate surface area is 171 Å². The lowest BCUT2D eigenvalue weighted by molar-refractivity contribution is 0.485. The first-order valence-corrected chi connectivity index (χ1v) is 8.90. The molecule has 0 bridgehead atoms. The van der Waals surface area contributed by atoms with E-state index in [4.69, 9.17) is 0 Å². The molecule has 1 saturated heterocycles. The molecule has 4 nitrogen and oxygen atoms in total. The third kappa shape index (κ3) is 4.03. The van der Waals surface area contributed by atoms with Gasteiger partial charge in [-0.2, -0.15) is 0 Å². The molecule has 2 heterocycles. The molecule has 136 valence electrons. The number of nitrogens with zero attached hydrogens (tertiary/aromatic N) is 2. The summed E-state index contributed by atoms with van der Waals surface area (Å²) >= 11 is 0. The molecule has 0 saturated carbocycles. The van der Waals surface area contributed by atoms with E-state index in [0.29, 0.717) is 5.92 Å². The predicted octanol–water partition coefficient (Wildman–Crippen LogP) is 4.35. The minimum Gasteiger partial charge on any atom is -0.357 e. The third-order valence-corrected chi connectivity index (χ3v) is 4.99. The van der Waals surface area contributed by atoms with Gasteiger partial charge in [0.2, 0.25) is 0 Å². The smallest absolute Gasteiger partial charge is 0.193 e. The molecule has 4 rings (SSSR count). The van der Waals surface area contributed by atoms with E-state index in [1.807, 2.05) is 7.05 Å². The molecule has 1 aromatic heterocycles. The van der Waals surface area contributed by atoms with Crippen LogP contribution >= 0.6 is 24.0 Å². The summed E-state index contributed by atoms with van der Waals surface area (Å²) in [6.45, 7) is 2.83. The minimum atomic E-state index is 0. The van der Waals surface area contributed by atoms with Gasteiger partial charge in [-0.25, -0.2) is 0 Å². The third-order valence-electron chi connectivity index (χ3n) is 4.99. The second kappa shape index (κ2) is 8.58. The number of para-hydroxylation sites is 1. The zero-order valence-corrected chi connectivity index (χ0v) is 17.3. The van der Waals surface area contributed by atoms with Crippen LogP contribution in [0.3, 0.4) is 0 Å². The Morgan fingerprint density at radius 2 is 1.92 bits per heavy atom. The standard InChI is InChI=1S/C21H24N4.HI/c1-22-21(23-14-19-13-17-9-5-6-10-20(17)24-19)25-12-11-18(15-25)16-7-3-2-4-8-16;/h2-10,13,18,24H,11-12,14-15H2,1H3,(H,22,23);1H. The Balaban J connectivity index is 0.00000196. The Bertz CT molecular complexity index is 839. The molecule has 1 fully saturated rings. The summed E-state index contributed by atoms with van der Waals surface area (Å²) in [5.74, 6) is 1.57. The van der Waals surface area contributed by atoms with E-state index in [-0.39, 0.29) is 24.0 Å². The van der Waals surface area contributed by atoms with E-state index >= 15 is 0 Å². The first kappa shape index (κ1) is 18.8. The number of nitrogens with one attached hydrogen (secondary N) is 2. The number of benzene rings is 2. The van der Waals surface area contributed by atoms with Crippen LogP contribution in [-0.4, -0.2) is 36.0 Å². The number of halogens is 1. The fourth-order valence-electron chi connectivity index (χ4n) is 3.69. The highest BCUT2D eigenvalue weighted by Gasteiger charge is 2.25. The highest BCUT2D eigenvalue weighted by Crippen LogP contribution is 2.26. The molecule has 0 radical (unpaired) electrons. The molecule has 1 aliphatic heterocycles. The number of aromatic amines is 1. The van der Waals surface area contributed by atoms with E-state index in [1.54, 1.807) is 0 Å². The van der Waals surface area contributed by atoms with Gasteiger partial charge in [0, 0.05) is 37.3 Å². The van der Waals surface area contributed by atoms with Crippen LogP contribution in [0.4, 0.5) is 0 Å². The fraction of sp³-hybridized carbons (Fsp3) is 0.286. The first-order valence-electron chi connectivity index (χ1n) is 8.90. The molecule has 0 aliphatic carbocycles. The Morgan fingerprint density at radius 3 is 2.69 bits per heavy atom. The monoisotopic (exact) mass is 460 g/mol.